The van der Waals surface area contributed by atoms with Gasteiger partial charge in [-0.15, -0.1) is 18.2 Å². The van der Waals surface area contributed by atoms with Crippen molar-refractivity contribution in [3.8, 4) is 11.5 Å². The molecule has 0 unspecified atom stereocenters. The predicted molar refractivity (Wildman–Crippen MR) is 92.1 cm³/mol. The van der Waals surface area contributed by atoms with E-state index in [-0.39, 0.29) is 0 Å². The molecule has 1 saturated heterocycles. The second-order valence-electron chi connectivity index (χ2n) is 6.41. The summed E-state index contributed by atoms with van der Waals surface area (Å²) in [5, 5.41) is 3.39. The van der Waals surface area contributed by atoms with Crippen molar-refractivity contribution in [3.05, 3.63) is 29.3 Å². The van der Waals surface area contributed by atoms with Crippen molar-refractivity contribution in [1.29, 1.82) is 0 Å². The van der Waals surface area contributed by atoms with E-state index in [0.717, 1.165) is 43.2 Å². The molecule has 1 N–H and O–H groups in total. The summed E-state index contributed by atoms with van der Waals surface area (Å²) in [6, 6.07) is 6.44. The van der Waals surface area contributed by atoms with E-state index in [1.54, 1.807) is 0 Å². The Morgan fingerprint density at radius 3 is 2.55 bits per heavy atom. The number of nitrogens with one attached hydrogen (secondary N) is 1. The summed E-state index contributed by atoms with van der Waals surface area (Å²) in [6.07, 6.45) is 0. The van der Waals surface area contributed by atoms with E-state index < -0.39 is 8.07 Å². The first-order valence-electron chi connectivity index (χ1n) is 7.22. The highest BCUT2D eigenvalue weighted by molar-refractivity contribution is 7.80. The molecule has 1 aromatic carbocycles. The molecule has 1 fully saturated rings. The summed E-state index contributed by atoms with van der Waals surface area (Å²) in [4.78, 5) is 3.49. The summed E-state index contributed by atoms with van der Waals surface area (Å²) < 4.78 is 0. The smallest absolute Gasteiger partial charge is 0.129 e. The Morgan fingerprint density at radius 1 is 1.20 bits per heavy atom. The zero-order valence-corrected chi connectivity index (χ0v) is 14.6. The molecule has 0 amide bonds. The molecule has 0 atom stereocenters. The third kappa shape index (κ3) is 5.33. The van der Waals surface area contributed by atoms with Crippen molar-refractivity contribution < 1.29 is 0 Å². The number of thiol groups is 1. The molecule has 108 valence electrons. The Bertz CT molecular complexity index is 520. The van der Waals surface area contributed by atoms with Crippen LogP contribution >= 0.6 is 12.6 Å². The molecule has 2 rings (SSSR count). The van der Waals surface area contributed by atoms with Crippen LogP contribution in [0.25, 0.3) is 0 Å². The van der Waals surface area contributed by atoms with Crippen LogP contribution in [0.15, 0.2) is 23.1 Å². The molecule has 20 heavy (non-hydrogen) atoms. The lowest BCUT2D eigenvalue weighted by Gasteiger charge is -2.27. The fourth-order valence-electron chi connectivity index (χ4n) is 2.22. The van der Waals surface area contributed by atoms with Crippen molar-refractivity contribution >= 4 is 20.7 Å². The lowest BCUT2D eigenvalue weighted by molar-refractivity contribution is 0.233. The number of benzene rings is 1. The second kappa shape index (κ2) is 6.82. The maximum absolute atomic E-state index is 4.52. The van der Waals surface area contributed by atoms with Crippen LogP contribution in [-0.4, -0.2) is 39.2 Å². The van der Waals surface area contributed by atoms with Gasteiger partial charge in [-0.05, 0) is 23.8 Å². The molecule has 0 spiro atoms. The third-order valence-corrected chi connectivity index (χ3v) is 4.31. The minimum absolute atomic E-state index is 0.998. The molecule has 2 nitrogen and oxygen atoms in total. The van der Waals surface area contributed by atoms with Crippen LogP contribution in [0.4, 0.5) is 0 Å². The maximum atomic E-state index is 4.52. The van der Waals surface area contributed by atoms with Gasteiger partial charge in [0.15, 0.2) is 0 Å². The van der Waals surface area contributed by atoms with Crippen LogP contribution in [0.1, 0.15) is 11.1 Å². The normalized spacial score (nSPS) is 16.6. The van der Waals surface area contributed by atoms with Gasteiger partial charge < -0.3 is 5.32 Å². The molecule has 1 aliphatic rings. The Labute approximate surface area is 129 Å². The first-order valence-corrected chi connectivity index (χ1v) is 11.2. The topological polar surface area (TPSA) is 15.3 Å². The molecule has 0 bridgehead atoms. The van der Waals surface area contributed by atoms with E-state index in [9.17, 15) is 0 Å². The zero-order chi connectivity index (χ0) is 14.6. The summed E-state index contributed by atoms with van der Waals surface area (Å²) >= 11 is 4.52. The van der Waals surface area contributed by atoms with E-state index in [2.05, 4.69) is 72.1 Å². The Hall–Kier alpha value is -0.733. The molecule has 0 radical (unpaired) electrons. The third-order valence-electron chi connectivity index (χ3n) is 3.18. The van der Waals surface area contributed by atoms with Crippen molar-refractivity contribution in [2.45, 2.75) is 31.1 Å². The van der Waals surface area contributed by atoms with Crippen molar-refractivity contribution in [2.75, 3.05) is 26.2 Å². The van der Waals surface area contributed by atoms with Gasteiger partial charge >= 0.3 is 0 Å². The van der Waals surface area contributed by atoms with Gasteiger partial charge in [-0.2, -0.15) is 0 Å². The van der Waals surface area contributed by atoms with Crippen LogP contribution < -0.4 is 5.32 Å². The van der Waals surface area contributed by atoms with Gasteiger partial charge in [0.1, 0.15) is 8.07 Å². The van der Waals surface area contributed by atoms with Crippen molar-refractivity contribution in [3.63, 3.8) is 0 Å². The van der Waals surface area contributed by atoms with E-state index in [1.165, 1.54) is 5.56 Å². The first-order chi connectivity index (χ1) is 9.42. The average molecular weight is 305 g/mol. The Morgan fingerprint density at radius 2 is 1.90 bits per heavy atom. The first kappa shape index (κ1) is 15.7. The number of piperazine rings is 1. The van der Waals surface area contributed by atoms with Crippen molar-refractivity contribution in [1.82, 2.24) is 10.2 Å². The summed E-state index contributed by atoms with van der Waals surface area (Å²) in [6.45, 7) is 12.2. The van der Waals surface area contributed by atoms with Crippen LogP contribution in [-0.2, 0) is 6.54 Å². The Balaban J connectivity index is 2.13. The molecule has 1 heterocycles. The van der Waals surface area contributed by atoms with E-state index in [0.29, 0.717) is 0 Å². The molecular formula is C16H24N2SSi. The SMILES string of the molecule is C[Si](C)(C)C#Cc1cc(S)cc(CN2CCNCC2)c1. The maximum Gasteiger partial charge on any atom is 0.129 e. The van der Waals surface area contributed by atoms with E-state index >= 15 is 0 Å². The molecule has 4 heteroatoms. The lowest BCUT2D eigenvalue weighted by Crippen LogP contribution is -2.42. The predicted octanol–water partition coefficient (Wildman–Crippen LogP) is 2.61. The standard InChI is InChI=1S/C16H24N2SSi/c1-20(2,3)9-4-14-10-15(12-16(19)11-14)13-18-7-5-17-6-8-18/h10-12,17,19H,5-8,13H2,1-3H3. The summed E-state index contributed by atoms with van der Waals surface area (Å²) in [7, 11) is -1.32. The molecule has 1 aromatic rings. The average Bonchev–Trinajstić information content (AvgIpc) is 2.36. The van der Waals surface area contributed by atoms with Gasteiger partial charge in [0.2, 0.25) is 0 Å². The van der Waals surface area contributed by atoms with E-state index in [4.69, 9.17) is 0 Å². The number of hydrogen-bond donors (Lipinski definition) is 2. The van der Waals surface area contributed by atoms with Crippen LogP contribution in [0, 0.1) is 11.5 Å². The van der Waals surface area contributed by atoms with Crippen LogP contribution in [0.2, 0.25) is 19.6 Å². The molecule has 0 aromatic heterocycles. The highest BCUT2D eigenvalue weighted by Gasteiger charge is 2.11. The van der Waals surface area contributed by atoms with Gasteiger partial charge in [0, 0.05) is 43.2 Å². The molecule has 1 aliphatic heterocycles. The highest BCUT2D eigenvalue weighted by atomic mass is 32.1. The Kier molecular flexibility index (Phi) is 5.33. The number of nitrogens with zero attached hydrogens (tertiary/aromatic N) is 1. The quantitative estimate of drug-likeness (QED) is 0.496. The summed E-state index contributed by atoms with van der Waals surface area (Å²) in [5.74, 6) is 3.34. The molecular weight excluding hydrogens is 280 g/mol. The monoisotopic (exact) mass is 304 g/mol. The van der Waals surface area contributed by atoms with Gasteiger partial charge in [-0.1, -0.05) is 25.6 Å². The summed E-state index contributed by atoms with van der Waals surface area (Å²) in [5.41, 5.74) is 5.85. The second-order valence-corrected chi connectivity index (χ2v) is 11.7. The lowest BCUT2D eigenvalue weighted by atomic mass is 10.1. The molecule has 0 aliphatic carbocycles. The van der Waals surface area contributed by atoms with Crippen LogP contribution in [0.5, 0.6) is 0 Å². The zero-order valence-electron chi connectivity index (χ0n) is 12.7. The fraction of sp³-hybridized carbons (Fsp3) is 0.500. The minimum atomic E-state index is -1.32. The largest absolute Gasteiger partial charge is 0.314 e. The number of rotatable bonds is 2. The van der Waals surface area contributed by atoms with Gasteiger partial charge in [0.25, 0.3) is 0 Å². The van der Waals surface area contributed by atoms with Gasteiger partial charge in [-0.3, -0.25) is 4.90 Å². The molecule has 0 saturated carbocycles. The number of hydrogen-bond acceptors (Lipinski definition) is 3. The van der Waals surface area contributed by atoms with Crippen LogP contribution in [0.3, 0.4) is 0 Å². The minimum Gasteiger partial charge on any atom is -0.314 e. The van der Waals surface area contributed by atoms with Gasteiger partial charge in [-0.25, -0.2) is 0 Å². The fourth-order valence-corrected chi connectivity index (χ4v) is 3.05. The highest BCUT2D eigenvalue weighted by Crippen LogP contribution is 2.15. The van der Waals surface area contributed by atoms with Gasteiger partial charge in [0.05, 0.1) is 0 Å². The van der Waals surface area contributed by atoms with Crippen molar-refractivity contribution in [2.24, 2.45) is 0 Å². The van der Waals surface area contributed by atoms with E-state index in [1.807, 2.05) is 0 Å².